The van der Waals surface area contributed by atoms with Crippen LogP contribution < -0.4 is 21.3 Å². The Morgan fingerprint density at radius 3 is 1.43 bits per heavy atom. The van der Waals surface area contributed by atoms with Crippen molar-refractivity contribution in [3.05, 3.63) is 180 Å². The van der Waals surface area contributed by atoms with Crippen molar-refractivity contribution < 1.29 is 0 Å². The van der Waals surface area contributed by atoms with Crippen LogP contribution >= 0.6 is 0 Å². The molecule has 3 aliphatic rings. The Hall–Kier alpha value is -7.30. The summed E-state index contributed by atoms with van der Waals surface area (Å²) in [4.78, 5) is 2.52. The molecule has 0 spiro atoms. The highest BCUT2D eigenvalue weighted by Crippen LogP contribution is 2.51. The van der Waals surface area contributed by atoms with Gasteiger partial charge < -0.3 is 14.0 Å². The summed E-state index contributed by atoms with van der Waals surface area (Å²) in [7, 11) is 0. The van der Waals surface area contributed by atoms with E-state index >= 15 is 0 Å². The van der Waals surface area contributed by atoms with Crippen LogP contribution in [0.2, 0.25) is 0 Å². The van der Waals surface area contributed by atoms with Gasteiger partial charge in [0.2, 0.25) is 0 Å². The van der Waals surface area contributed by atoms with Gasteiger partial charge in [0.05, 0.1) is 22.2 Å². The van der Waals surface area contributed by atoms with Gasteiger partial charge in [0, 0.05) is 49.8 Å². The normalized spacial score (nSPS) is 13.8. The molecule has 0 N–H and O–H groups in total. The zero-order valence-electron chi connectivity index (χ0n) is 43.9. The number of fused-ring (bicyclic) bond motifs is 10. The highest BCUT2D eigenvalue weighted by molar-refractivity contribution is 7.00. The van der Waals surface area contributed by atoms with Gasteiger partial charge >= 0.3 is 0 Å². The number of rotatable bonds is 3. The van der Waals surface area contributed by atoms with Gasteiger partial charge in [-0.2, -0.15) is 0 Å². The molecule has 0 amide bonds. The Balaban J connectivity index is 1.17. The van der Waals surface area contributed by atoms with Gasteiger partial charge in [-0.05, 0) is 154 Å². The summed E-state index contributed by atoms with van der Waals surface area (Å²) in [6.07, 6.45) is 0. The summed E-state index contributed by atoms with van der Waals surface area (Å²) in [6, 6.07) is 62.0. The van der Waals surface area contributed by atoms with E-state index in [0.29, 0.717) is 0 Å². The Morgan fingerprint density at radius 1 is 0.361 bits per heavy atom. The van der Waals surface area contributed by atoms with Gasteiger partial charge in [0.15, 0.2) is 0 Å². The van der Waals surface area contributed by atoms with Crippen LogP contribution in [0.3, 0.4) is 0 Å². The third-order valence-corrected chi connectivity index (χ3v) is 16.8. The summed E-state index contributed by atoms with van der Waals surface area (Å²) >= 11 is 0. The lowest BCUT2D eigenvalue weighted by molar-refractivity contribution is 0.590. The third-order valence-electron chi connectivity index (χ3n) is 16.8. The topological polar surface area (TPSA) is 13.1 Å². The molecule has 2 aliphatic heterocycles. The van der Waals surface area contributed by atoms with Crippen molar-refractivity contribution in [2.45, 2.75) is 105 Å². The van der Waals surface area contributed by atoms with Crippen LogP contribution in [0.4, 0.5) is 17.1 Å². The molecule has 0 saturated heterocycles. The van der Waals surface area contributed by atoms with Gasteiger partial charge in [0.25, 0.3) is 6.71 Å². The number of hydrogen-bond donors (Lipinski definition) is 0. The molecule has 352 valence electrons. The molecular formula is C68H62BN3. The maximum Gasteiger partial charge on any atom is 0.252 e. The second kappa shape index (κ2) is 14.2. The van der Waals surface area contributed by atoms with Crippen LogP contribution in [-0.2, 0) is 21.7 Å². The van der Waals surface area contributed by atoms with Gasteiger partial charge in [0.1, 0.15) is 0 Å². The first kappa shape index (κ1) is 43.5. The second-order valence-corrected chi connectivity index (χ2v) is 25.5. The van der Waals surface area contributed by atoms with E-state index in [-0.39, 0.29) is 28.4 Å². The van der Waals surface area contributed by atoms with E-state index in [1.165, 1.54) is 127 Å². The minimum Gasteiger partial charge on any atom is -0.310 e. The zero-order valence-corrected chi connectivity index (χ0v) is 43.9. The maximum absolute atomic E-state index is 2.68. The number of hydrogen-bond acceptors (Lipinski definition) is 1. The summed E-state index contributed by atoms with van der Waals surface area (Å²) < 4.78 is 5.34. The van der Waals surface area contributed by atoms with Crippen LogP contribution in [0, 0.1) is 0 Å². The molecule has 11 aromatic rings. The van der Waals surface area contributed by atoms with Crippen LogP contribution in [-0.4, -0.2) is 15.8 Å². The fourth-order valence-electron chi connectivity index (χ4n) is 13.0. The van der Waals surface area contributed by atoms with Crippen LogP contribution in [0.15, 0.2) is 158 Å². The molecule has 0 unspecified atom stereocenters. The number of anilines is 3. The number of nitrogens with zero attached hydrogens (tertiary/aromatic N) is 3. The molecule has 0 atom stereocenters. The molecule has 14 rings (SSSR count). The quantitative estimate of drug-likeness (QED) is 0.161. The molecule has 4 heterocycles. The lowest BCUT2D eigenvalue weighted by Gasteiger charge is -2.36. The van der Waals surface area contributed by atoms with E-state index in [2.05, 4.69) is 255 Å². The van der Waals surface area contributed by atoms with Crippen molar-refractivity contribution in [3.8, 4) is 33.6 Å². The first-order valence-electron chi connectivity index (χ1n) is 26.2. The fraction of sp³-hybridized carbons (Fsp3) is 0.235. The average Bonchev–Trinajstić information content (AvgIpc) is 3.83. The molecule has 1 aliphatic carbocycles. The Labute approximate surface area is 424 Å². The SMILES string of the molecule is CC(C)(C)c1ccc(N(c2ccc(C(C)(C)C)cc2)c2cc3c4c(c2)-n2c5cccc6c5c5c(ccc(c52)B4c2cc(C(C)(C)C)cc4c5cc(C(C)(C)C)ccc5n-3c24)-c2cccc3cccc-6c23)cc1. The molecule has 72 heavy (non-hydrogen) atoms. The molecule has 0 saturated carbocycles. The second-order valence-electron chi connectivity index (χ2n) is 25.5. The van der Waals surface area contributed by atoms with E-state index < -0.39 is 0 Å². The van der Waals surface area contributed by atoms with Crippen LogP contribution in [0.1, 0.15) is 105 Å². The predicted molar refractivity (Wildman–Crippen MR) is 311 cm³/mol. The third kappa shape index (κ3) is 5.93. The highest BCUT2D eigenvalue weighted by atomic mass is 15.2. The summed E-state index contributed by atoms with van der Waals surface area (Å²) in [5, 5.41) is 7.98. The van der Waals surface area contributed by atoms with E-state index in [4.69, 9.17) is 0 Å². The first-order chi connectivity index (χ1) is 34.3. The van der Waals surface area contributed by atoms with E-state index in [1.807, 2.05) is 0 Å². The van der Waals surface area contributed by atoms with Crippen molar-refractivity contribution in [2.24, 2.45) is 0 Å². The highest BCUT2D eigenvalue weighted by Gasteiger charge is 2.43. The van der Waals surface area contributed by atoms with Crippen molar-refractivity contribution in [2.75, 3.05) is 4.90 Å². The van der Waals surface area contributed by atoms with Crippen molar-refractivity contribution in [3.63, 3.8) is 0 Å². The Bertz CT molecular complexity index is 4110. The lowest BCUT2D eigenvalue weighted by Crippen LogP contribution is -2.59. The smallest absolute Gasteiger partial charge is 0.252 e. The molecule has 0 radical (unpaired) electrons. The minimum atomic E-state index is -0.0693. The van der Waals surface area contributed by atoms with Crippen LogP contribution in [0.5, 0.6) is 0 Å². The maximum atomic E-state index is 2.68. The van der Waals surface area contributed by atoms with E-state index in [9.17, 15) is 0 Å². The van der Waals surface area contributed by atoms with Gasteiger partial charge in [-0.15, -0.1) is 0 Å². The van der Waals surface area contributed by atoms with Crippen molar-refractivity contribution >= 4 is 94.5 Å². The van der Waals surface area contributed by atoms with Gasteiger partial charge in [-0.3, -0.25) is 0 Å². The zero-order chi connectivity index (χ0) is 49.7. The van der Waals surface area contributed by atoms with Crippen molar-refractivity contribution in [1.29, 1.82) is 0 Å². The molecular weight excluding hydrogens is 870 g/mol. The Morgan fingerprint density at radius 2 is 0.861 bits per heavy atom. The van der Waals surface area contributed by atoms with Crippen LogP contribution in [0.25, 0.3) is 88.0 Å². The molecule has 2 aromatic heterocycles. The molecule has 0 fully saturated rings. The molecule has 3 nitrogen and oxygen atoms in total. The molecule has 4 heteroatoms. The lowest BCUT2D eigenvalue weighted by atomic mass is 9.34. The molecule has 9 aromatic carbocycles. The van der Waals surface area contributed by atoms with E-state index in [1.54, 1.807) is 0 Å². The Kier molecular flexibility index (Phi) is 8.59. The monoisotopic (exact) mass is 932 g/mol. The van der Waals surface area contributed by atoms with Gasteiger partial charge in [-0.1, -0.05) is 180 Å². The number of benzene rings is 9. The first-order valence-corrected chi connectivity index (χ1v) is 26.2. The van der Waals surface area contributed by atoms with Crippen molar-refractivity contribution in [1.82, 2.24) is 9.13 Å². The van der Waals surface area contributed by atoms with Gasteiger partial charge in [-0.25, -0.2) is 0 Å². The number of aromatic nitrogens is 2. The summed E-state index contributed by atoms with van der Waals surface area (Å²) in [5.74, 6) is 0. The standard InChI is InChI=1S/C68H62BN3/c1-65(2,3)40-22-27-44(28-23-40)70(45-29-24-41(25-30-45)66(4,5)6)46-37-57-62-58(38-46)72-56-21-15-20-49-47-18-13-16-39-17-14-19-48(59(39)47)50-31-32-53(64(72)61(50)60(49)56)69(62)54-36-43(68(10,11)12)35-52-51-34-42(67(7,8)9)26-33-55(51)71(57)63(52)54/h13-38H,1-12H3. The summed E-state index contributed by atoms with van der Waals surface area (Å²) in [5.41, 5.74) is 25.8. The minimum absolute atomic E-state index is 0.00549. The summed E-state index contributed by atoms with van der Waals surface area (Å²) in [6.45, 7) is 28.0. The predicted octanol–water partition coefficient (Wildman–Crippen LogP) is 16.5. The largest absolute Gasteiger partial charge is 0.310 e. The average molecular weight is 932 g/mol. The fourth-order valence-corrected chi connectivity index (χ4v) is 13.0. The van der Waals surface area contributed by atoms with E-state index in [0.717, 1.165) is 17.1 Å². The molecule has 0 bridgehead atoms.